The van der Waals surface area contributed by atoms with Gasteiger partial charge in [0.1, 0.15) is 12.1 Å². The Balaban J connectivity index is 1.61. The molecule has 98 valence electrons. The number of nitrogens with one attached hydrogen (secondary N) is 1. The van der Waals surface area contributed by atoms with Gasteiger partial charge < -0.3 is 11.1 Å². The van der Waals surface area contributed by atoms with E-state index in [-0.39, 0.29) is 0 Å². The summed E-state index contributed by atoms with van der Waals surface area (Å²) in [5, 5.41) is 3.53. The SMILES string of the molecule is NC1CCCC(CNc2ncnc3c2CCC3)C1. The minimum Gasteiger partial charge on any atom is -0.369 e. The Morgan fingerprint density at radius 1 is 1.22 bits per heavy atom. The Kier molecular flexibility index (Phi) is 3.46. The monoisotopic (exact) mass is 246 g/mol. The van der Waals surface area contributed by atoms with E-state index in [0.29, 0.717) is 12.0 Å². The van der Waals surface area contributed by atoms with Crippen LogP contribution in [-0.2, 0) is 12.8 Å². The average Bonchev–Trinajstić information content (AvgIpc) is 2.85. The number of aryl methyl sites for hydroxylation is 1. The summed E-state index contributed by atoms with van der Waals surface area (Å²) in [7, 11) is 0. The van der Waals surface area contributed by atoms with Crippen LogP contribution in [0.5, 0.6) is 0 Å². The number of fused-ring (bicyclic) bond motifs is 1. The molecule has 3 N–H and O–H groups in total. The second-order valence-corrected chi connectivity index (χ2v) is 5.67. The zero-order chi connectivity index (χ0) is 12.4. The molecule has 2 aliphatic carbocycles. The molecule has 3 rings (SSSR count). The molecule has 1 saturated carbocycles. The number of nitrogens with two attached hydrogens (primary N) is 1. The van der Waals surface area contributed by atoms with E-state index in [9.17, 15) is 0 Å². The van der Waals surface area contributed by atoms with Crippen LogP contribution in [-0.4, -0.2) is 22.6 Å². The van der Waals surface area contributed by atoms with Crippen LogP contribution in [0.15, 0.2) is 6.33 Å². The lowest BCUT2D eigenvalue weighted by Gasteiger charge is -2.27. The van der Waals surface area contributed by atoms with Gasteiger partial charge in [0, 0.05) is 23.8 Å². The zero-order valence-corrected chi connectivity index (χ0v) is 10.9. The van der Waals surface area contributed by atoms with E-state index in [1.54, 1.807) is 6.33 Å². The van der Waals surface area contributed by atoms with E-state index in [1.165, 1.54) is 36.9 Å². The normalized spacial score (nSPS) is 26.9. The van der Waals surface area contributed by atoms with Gasteiger partial charge in [0.15, 0.2) is 0 Å². The van der Waals surface area contributed by atoms with Gasteiger partial charge in [-0.25, -0.2) is 9.97 Å². The van der Waals surface area contributed by atoms with Crippen molar-refractivity contribution in [3.8, 4) is 0 Å². The number of nitrogens with zero attached hydrogens (tertiary/aromatic N) is 2. The number of rotatable bonds is 3. The maximum absolute atomic E-state index is 6.03. The Morgan fingerprint density at radius 2 is 2.17 bits per heavy atom. The molecule has 0 radical (unpaired) electrons. The van der Waals surface area contributed by atoms with Crippen LogP contribution in [0.1, 0.15) is 43.4 Å². The molecule has 1 heterocycles. The highest BCUT2D eigenvalue weighted by molar-refractivity contribution is 5.47. The fourth-order valence-electron chi connectivity index (χ4n) is 3.27. The van der Waals surface area contributed by atoms with E-state index in [1.807, 2.05) is 0 Å². The maximum atomic E-state index is 6.03. The predicted octanol–water partition coefficient (Wildman–Crippen LogP) is 1.89. The number of hydrogen-bond acceptors (Lipinski definition) is 4. The van der Waals surface area contributed by atoms with Gasteiger partial charge in [-0.3, -0.25) is 0 Å². The smallest absolute Gasteiger partial charge is 0.132 e. The Morgan fingerprint density at radius 3 is 3.06 bits per heavy atom. The third kappa shape index (κ3) is 2.48. The maximum Gasteiger partial charge on any atom is 0.132 e. The predicted molar refractivity (Wildman–Crippen MR) is 72.5 cm³/mol. The first-order chi connectivity index (χ1) is 8.83. The molecule has 0 bridgehead atoms. The molecule has 0 spiro atoms. The average molecular weight is 246 g/mol. The first kappa shape index (κ1) is 11.9. The lowest BCUT2D eigenvalue weighted by atomic mass is 9.86. The minimum absolute atomic E-state index is 0.404. The van der Waals surface area contributed by atoms with Crippen molar-refractivity contribution in [1.82, 2.24) is 9.97 Å². The van der Waals surface area contributed by atoms with Crippen molar-refractivity contribution in [2.45, 2.75) is 51.0 Å². The van der Waals surface area contributed by atoms with Gasteiger partial charge in [-0.05, 0) is 44.4 Å². The van der Waals surface area contributed by atoms with Crippen molar-refractivity contribution in [2.75, 3.05) is 11.9 Å². The van der Waals surface area contributed by atoms with Gasteiger partial charge >= 0.3 is 0 Å². The minimum atomic E-state index is 0.404. The molecular weight excluding hydrogens is 224 g/mol. The molecular formula is C14H22N4. The fraction of sp³-hybridized carbons (Fsp3) is 0.714. The van der Waals surface area contributed by atoms with Crippen molar-refractivity contribution in [2.24, 2.45) is 11.7 Å². The second-order valence-electron chi connectivity index (χ2n) is 5.67. The molecule has 4 heteroatoms. The number of anilines is 1. The van der Waals surface area contributed by atoms with Gasteiger partial charge in [-0.1, -0.05) is 6.42 Å². The largest absolute Gasteiger partial charge is 0.369 e. The Bertz CT molecular complexity index is 418. The van der Waals surface area contributed by atoms with E-state index < -0.39 is 0 Å². The van der Waals surface area contributed by atoms with E-state index in [2.05, 4.69) is 15.3 Å². The summed E-state index contributed by atoms with van der Waals surface area (Å²) in [5.41, 5.74) is 8.62. The zero-order valence-electron chi connectivity index (χ0n) is 10.9. The molecule has 0 aliphatic heterocycles. The third-order valence-electron chi connectivity index (χ3n) is 4.26. The molecule has 2 atom stereocenters. The van der Waals surface area contributed by atoms with Gasteiger partial charge in [0.05, 0.1) is 0 Å². The first-order valence-corrected chi connectivity index (χ1v) is 7.15. The quantitative estimate of drug-likeness (QED) is 0.855. The van der Waals surface area contributed by atoms with Crippen LogP contribution in [0.3, 0.4) is 0 Å². The van der Waals surface area contributed by atoms with Crippen molar-refractivity contribution < 1.29 is 0 Å². The number of aromatic nitrogens is 2. The van der Waals surface area contributed by atoms with Crippen molar-refractivity contribution >= 4 is 5.82 Å². The highest BCUT2D eigenvalue weighted by Crippen LogP contribution is 2.27. The summed E-state index contributed by atoms with van der Waals surface area (Å²) in [6.07, 6.45) is 10.1. The standard InChI is InChI=1S/C14H22N4/c15-11-4-1-3-10(7-11)8-16-14-12-5-2-6-13(12)17-9-18-14/h9-11H,1-8,15H2,(H,16,17,18). The first-order valence-electron chi connectivity index (χ1n) is 7.15. The summed E-state index contributed by atoms with van der Waals surface area (Å²) in [4.78, 5) is 8.76. The summed E-state index contributed by atoms with van der Waals surface area (Å²) in [6, 6.07) is 0.404. The van der Waals surface area contributed by atoms with Crippen LogP contribution in [0, 0.1) is 5.92 Å². The van der Waals surface area contributed by atoms with Crippen LogP contribution >= 0.6 is 0 Å². The second kappa shape index (κ2) is 5.22. The summed E-state index contributed by atoms with van der Waals surface area (Å²) < 4.78 is 0. The Labute approximate surface area is 108 Å². The van der Waals surface area contributed by atoms with E-state index >= 15 is 0 Å². The lowest BCUT2D eigenvalue weighted by Crippen LogP contribution is -2.31. The van der Waals surface area contributed by atoms with Gasteiger partial charge in [0.2, 0.25) is 0 Å². The highest BCUT2D eigenvalue weighted by atomic mass is 15.0. The molecule has 18 heavy (non-hydrogen) atoms. The summed E-state index contributed by atoms with van der Waals surface area (Å²) in [6.45, 7) is 1.01. The summed E-state index contributed by atoms with van der Waals surface area (Å²) in [5.74, 6) is 1.78. The third-order valence-corrected chi connectivity index (χ3v) is 4.26. The molecule has 2 unspecified atom stereocenters. The molecule has 0 amide bonds. The molecule has 1 aromatic heterocycles. The van der Waals surface area contributed by atoms with Crippen LogP contribution in [0.2, 0.25) is 0 Å². The van der Waals surface area contributed by atoms with Crippen LogP contribution in [0.25, 0.3) is 0 Å². The van der Waals surface area contributed by atoms with E-state index in [4.69, 9.17) is 5.73 Å². The van der Waals surface area contributed by atoms with Crippen molar-refractivity contribution in [3.63, 3.8) is 0 Å². The topological polar surface area (TPSA) is 63.8 Å². The molecule has 4 nitrogen and oxygen atoms in total. The van der Waals surface area contributed by atoms with Gasteiger partial charge in [-0.15, -0.1) is 0 Å². The van der Waals surface area contributed by atoms with Crippen molar-refractivity contribution in [1.29, 1.82) is 0 Å². The van der Waals surface area contributed by atoms with E-state index in [0.717, 1.165) is 31.6 Å². The van der Waals surface area contributed by atoms with Crippen LogP contribution < -0.4 is 11.1 Å². The molecule has 1 aromatic rings. The molecule has 2 aliphatic rings. The highest BCUT2D eigenvalue weighted by Gasteiger charge is 2.21. The summed E-state index contributed by atoms with van der Waals surface area (Å²) >= 11 is 0. The van der Waals surface area contributed by atoms with Gasteiger partial charge in [-0.2, -0.15) is 0 Å². The lowest BCUT2D eigenvalue weighted by molar-refractivity contribution is 0.334. The number of hydrogen-bond donors (Lipinski definition) is 2. The fourth-order valence-corrected chi connectivity index (χ4v) is 3.27. The molecule has 0 aromatic carbocycles. The van der Waals surface area contributed by atoms with Gasteiger partial charge in [0.25, 0.3) is 0 Å². The van der Waals surface area contributed by atoms with Crippen molar-refractivity contribution in [3.05, 3.63) is 17.6 Å². The van der Waals surface area contributed by atoms with Crippen LogP contribution in [0.4, 0.5) is 5.82 Å². The molecule has 0 saturated heterocycles. The Hall–Kier alpha value is -1.16. The molecule has 1 fully saturated rings.